The molecular formula is C20H23NO4S. The number of para-hydroxylation sites is 2. The summed E-state index contributed by atoms with van der Waals surface area (Å²) in [6.45, 7) is 4.29. The van der Waals surface area contributed by atoms with Crippen molar-refractivity contribution in [2.45, 2.75) is 33.1 Å². The molecule has 26 heavy (non-hydrogen) atoms. The summed E-state index contributed by atoms with van der Waals surface area (Å²) in [5, 5.41) is 4.58. The van der Waals surface area contributed by atoms with E-state index in [0.29, 0.717) is 29.5 Å². The Labute approximate surface area is 157 Å². The number of rotatable bonds is 6. The predicted octanol–water partition coefficient (Wildman–Crippen LogP) is 4.07. The number of thiophene rings is 1. The van der Waals surface area contributed by atoms with E-state index in [2.05, 4.69) is 12.2 Å². The molecule has 0 saturated heterocycles. The fraction of sp³-hybridized carbons (Fsp3) is 0.400. The fourth-order valence-electron chi connectivity index (χ4n) is 3.09. The number of hydrogen-bond donors (Lipinski definition) is 1. The van der Waals surface area contributed by atoms with Crippen molar-refractivity contribution in [3.8, 4) is 5.75 Å². The molecule has 6 heteroatoms. The minimum Gasteiger partial charge on any atom is -0.492 e. The lowest BCUT2D eigenvalue weighted by Crippen LogP contribution is -2.22. The Bertz CT molecular complexity index is 799. The standard InChI is InChI=1S/C20H23NO4S/c1-3-24-17-7-5-4-6-16(17)21-19(22)11-25-20(23)15-12-26-18-10-13(2)8-9-14(15)18/h4-7,12-13H,3,8-11H2,1-2H3,(H,21,22). The molecule has 1 unspecified atom stereocenters. The van der Waals surface area contributed by atoms with Crippen molar-refractivity contribution in [2.75, 3.05) is 18.5 Å². The number of anilines is 1. The van der Waals surface area contributed by atoms with Gasteiger partial charge in [0.15, 0.2) is 6.61 Å². The van der Waals surface area contributed by atoms with E-state index in [0.717, 1.165) is 24.8 Å². The zero-order chi connectivity index (χ0) is 18.5. The summed E-state index contributed by atoms with van der Waals surface area (Å²) in [7, 11) is 0. The van der Waals surface area contributed by atoms with E-state index in [1.165, 1.54) is 4.88 Å². The number of benzene rings is 1. The Morgan fingerprint density at radius 3 is 2.92 bits per heavy atom. The summed E-state index contributed by atoms with van der Waals surface area (Å²) in [4.78, 5) is 25.8. The van der Waals surface area contributed by atoms with E-state index < -0.39 is 5.97 Å². The number of esters is 1. The molecule has 0 bridgehead atoms. The second-order valence-electron chi connectivity index (χ2n) is 6.45. The van der Waals surface area contributed by atoms with Gasteiger partial charge >= 0.3 is 5.97 Å². The third kappa shape index (κ3) is 4.25. The highest BCUT2D eigenvalue weighted by molar-refractivity contribution is 7.10. The van der Waals surface area contributed by atoms with Crippen LogP contribution in [0.3, 0.4) is 0 Å². The Hall–Kier alpha value is -2.34. The lowest BCUT2D eigenvalue weighted by Gasteiger charge is -2.18. The predicted molar refractivity (Wildman–Crippen MR) is 102 cm³/mol. The van der Waals surface area contributed by atoms with Gasteiger partial charge in [-0.1, -0.05) is 19.1 Å². The highest BCUT2D eigenvalue weighted by Crippen LogP contribution is 2.33. The largest absolute Gasteiger partial charge is 0.492 e. The Balaban J connectivity index is 1.58. The lowest BCUT2D eigenvalue weighted by atomic mass is 9.88. The average Bonchev–Trinajstić information content (AvgIpc) is 3.04. The van der Waals surface area contributed by atoms with Gasteiger partial charge in [-0.25, -0.2) is 4.79 Å². The van der Waals surface area contributed by atoms with Crippen LogP contribution in [0.2, 0.25) is 0 Å². The first kappa shape index (κ1) is 18.5. The normalized spacial score (nSPS) is 15.8. The highest BCUT2D eigenvalue weighted by atomic mass is 32.1. The molecule has 1 atom stereocenters. The molecule has 138 valence electrons. The van der Waals surface area contributed by atoms with Crippen molar-refractivity contribution in [1.29, 1.82) is 0 Å². The molecule has 2 aromatic rings. The van der Waals surface area contributed by atoms with Crippen molar-refractivity contribution in [3.63, 3.8) is 0 Å². The third-order valence-electron chi connectivity index (χ3n) is 4.42. The van der Waals surface area contributed by atoms with Crippen molar-refractivity contribution in [3.05, 3.63) is 45.6 Å². The minimum atomic E-state index is -0.426. The maximum Gasteiger partial charge on any atom is 0.339 e. The number of nitrogens with one attached hydrogen (secondary N) is 1. The Morgan fingerprint density at radius 1 is 1.31 bits per heavy atom. The van der Waals surface area contributed by atoms with Gasteiger partial charge in [0.25, 0.3) is 5.91 Å². The van der Waals surface area contributed by atoms with Crippen LogP contribution in [0.15, 0.2) is 29.6 Å². The van der Waals surface area contributed by atoms with Gasteiger partial charge in [0, 0.05) is 10.3 Å². The van der Waals surface area contributed by atoms with Crippen LogP contribution in [0.5, 0.6) is 5.75 Å². The number of amides is 1. The molecule has 5 nitrogen and oxygen atoms in total. The molecule has 0 fully saturated rings. The van der Waals surface area contributed by atoms with Gasteiger partial charge in [-0.2, -0.15) is 0 Å². The van der Waals surface area contributed by atoms with Crippen LogP contribution in [0.4, 0.5) is 5.69 Å². The second-order valence-corrected chi connectivity index (χ2v) is 7.42. The molecular weight excluding hydrogens is 350 g/mol. The maximum absolute atomic E-state index is 12.4. The third-order valence-corrected chi connectivity index (χ3v) is 5.47. The van der Waals surface area contributed by atoms with E-state index in [1.54, 1.807) is 23.5 Å². The Morgan fingerprint density at radius 2 is 2.12 bits per heavy atom. The van der Waals surface area contributed by atoms with Gasteiger partial charge in [0.1, 0.15) is 5.75 Å². The Kier molecular flexibility index (Phi) is 5.93. The number of carbonyl (C=O) groups is 2. The smallest absolute Gasteiger partial charge is 0.339 e. The molecule has 1 heterocycles. The average molecular weight is 373 g/mol. The summed E-state index contributed by atoms with van der Waals surface area (Å²) < 4.78 is 10.7. The SMILES string of the molecule is CCOc1ccccc1NC(=O)COC(=O)c1csc2c1CCC(C)C2. The molecule has 1 aromatic carbocycles. The van der Waals surface area contributed by atoms with Gasteiger partial charge < -0.3 is 14.8 Å². The van der Waals surface area contributed by atoms with Crippen molar-refractivity contribution in [1.82, 2.24) is 0 Å². The summed E-state index contributed by atoms with van der Waals surface area (Å²) in [5.74, 6) is 0.436. The fourth-order valence-corrected chi connectivity index (χ4v) is 4.33. The molecule has 1 aliphatic carbocycles. The van der Waals surface area contributed by atoms with Crippen molar-refractivity contribution >= 4 is 28.9 Å². The monoisotopic (exact) mass is 373 g/mol. The van der Waals surface area contributed by atoms with Gasteiger partial charge in [0.2, 0.25) is 0 Å². The van der Waals surface area contributed by atoms with E-state index in [4.69, 9.17) is 9.47 Å². The van der Waals surface area contributed by atoms with Crippen molar-refractivity contribution < 1.29 is 19.1 Å². The van der Waals surface area contributed by atoms with Crippen LogP contribution in [0.25, 0.3) is 0 Å². The van der Waals surface area contributed by atoms with Crippen LogP contribution in [0.1, 0.15) is 41.1 Å². The first-order valence-corrected chi connectivity index (χ1v) is 9.74. The summed E-state index contributed by atoms with van der Waals surface area (Å²) in [5.41, 5.74) is 2.27. The zero-order valence-corrected chi connectivity index (χ0v) is 15.9. The van der Waals surface area contributed by atoms with E-state index in [-0.39, 0.29) is 12.5 Å². The highest BCUT2D eigenvalue weighted by Gasteiger charge is 2.24. The number of hydrogen-bond acceptors (Lipinski definition) is 5. The molecule has 1 N–H and O–H groups in total. The van der Waals surface area contributed by atoms with Crippen LogP contribution in [-0.2, 0) is 22.4 Å². The number of ether oxygens (including phenoxy) is 2. The minimum absolute atomic E-state index is 0.319. The van der Waals surface area contributed by atoms with Gasteiger partial charge in [-0.05, 0) is 49.8 Å². The van der Waals surface area contributed by atoms with Crippen LogP contribution < -0.4 is 10.1 Å². The second kappa shape index (κ2) is 8.36. The molecule has 0 saturated carbocycles. The molecule has 0 radical (unpaired) electrons. The van der Waals surface area contributed by atoms with Crippen LogP contribution >= 0.6 is 11.3 Å². The van der Waals surface area contributed by atoms with E-state index in [9.17, 15) is 9.59 Å². The topological polar surface area (TPSA) is 64.6 Å². The van der Waals surface area contributed by atoms with Crippen LogP contribution in [-0.4, -0.2) is 25.1 Å². The van der Waals surface area contributed by atoms with Crippen LogP contribution in [0, 0.1) is 5.92 Å². The molecule has 0 aliphatic heterocycles. The van der Waals surface area contributed by atoms with Gasteiger partial charge in [-0.3, -0.25) is 4.79 Å². The maximum atomic E-state index is 12.4. The first-order chi connectivity index (χ1) is 12.6. The molecule has 0 spiro atoms. The van der Waals surface area contributed by atoms with Gasteiger partial charge in [0.05, 0.1) is 17.9 Å². The summed E-state index contributed by atoms with van der Waals surface area (Å²) >= 11 is 1.61. The first-order valence-electron chi connectivity index (χ1n) is 8.86. The summed E-state index contributed by atoms with van der Waals surface area (Å²) in [6.07, 6.45) is 3.00. The quantitative estimate of drug-likeness (QED) is 0.776. The van der Waals surface area contributed by atoms with Crippen molar-refractivity contribution in [2.24, 2.45) is 5.92 Å². The van der Waals surface area contributed by atoms with E-state index in [1.807, 2.05) is 24.4 Å². The molecule has 1 amide bonds. The summed E-state index contributed by atoms with van der Waals surface area (Å²) in [6, 6.07) is 7.18. The number of fused-ring (bicyclic) bond motifs is 1. The molecule has 1 aromatic heterocycles. The van der Waals surface area contributed by atoms with E-state index >= 15 is 0 Å². The molecule has 3 rings (SSSR count). The number of carbonyl (C=O) groups excluding carboxylic acids is 2. The zero-order valence-electron chi connectivity index (χ0n) is 15.0. The molecule has 1 aliphatic rings. The lowest BCUT2D eigenvalue weighted by molar-refractivity contribution is -0.119. The van der Waals surface area contributed by atoms with Gasteiger partial charge in [-0.15, -0.1) is 11.3 Å².